The predicted octanol–water partition coefficient (Wildman–Crippen LogP) is 1.87. The van der Waals surface area contributed by atoms with Gasteiger partial charge in [-0.1, -0.05) is 6.42 Å². The maximum Gasteiger partial charge on any atom is 0.325 e. The van der Waals surface area contributed by atoms with Crippen molar-refractivity contribution in [2.24, 2.45) is 11.8 Å². The lowest BCUT2D eigenvalue weighted by atomic mass is 9.88. The highest BCUT2D eigenvalue weighted by Gasteiger charge is 2.54. The van der Waals surface area contributed by atoms with Crippen molar-refractivity contribution in [2.45, 2.75) is 30.6 Å². The van der Waals surface area contributed by atoms with Gasteiger partial charge in [0, 0.05) is 0 Å². The molecule has 2 rings (SSSR count). The second kappa shape index (κ2) is 2.13. The quantitative estimate of drug-likeness (QED) is 0.617. The molecule has 2 saturated carbocycles. The van der Waals surface area contributed by atoms with Gasteiger partial charge in [0.25, 0.3) is 0 Å². The Bertz CT molecular complexity index is 204. The summed E-state index contributed by atoms with van der Waals surface area (Å²) in [5, 5.41) is 8.86. The smallest absolute Gasteiger partial charge is 0.325 e. The number of halogens is 1. The number of carboxylic acids is 1. The topological polar surface area (TPSA) is 37.3 Å². The van der Waals surface area contributed by atoms with Crippen molar-refractivity contribution in [2.75, 3.05) is 0 Å². The summed E-state index contributed by atoms with van der Waals surface area (Å²) >= 11 is 6.00. The van der Waals surface area contributed by atoms with Gasteiger partial charge in [-0.3, -0.25) is 4.79 Å². The average Bonchev–Trinajstić information content (AvgIpc) is 2.45. The van der Waals surface area contributed by atoms with Crippen LogP contribution in [0.2, 0.25) is 0 Å². The SMILES string of the molecule is O=C(O)[C@]1(Cl)C[C@H]2CC[C@H]1C2. The first-order chi connectivity index (χ1) is 5.13. The van der Waals surface area contributed by atoms with Crippen LogP contribution >= 0.6 is 11.6 Å². The maximum atomic E-state index is 10.8. The van der Waals surface area contributed by atoms with Crippen LogP contribution in [0, 0.1) is 11.8 Å². The van der Waals surface area contributed by atoms with Gasteiger partial charge < -0.3 is 5.11 Å². The van der Waals surface area contributed by atoms with E-state index >= 15 is 0 Å². The van der Waals surface area contributed by atoms with Crippen LogP contribution in [0.25, 0.3) is 0 Å². The van der Waals surface area contributed by atoms with Gasteiger partial charge in [0.15, 0.2) is 0 Å². The van der Waals surface area contributed by atoms with E-state index in [1.807, 2.05) is 0 Å². The number of aliphatic carboxylic acids is 1. The summed E-state index contributed by atoms with van der Waals surface area (Å²) in [5.74, 6) is 0.0200. The third-order valence-electron chi connectivity index (χ3n) is 3.13. The van der Waals surface area contributed by atoms with Crippen LogP contribution in [-0.4, -0.2) is 16.0 Å². The van der Waals surface area contributed by atoms with E-state index in [-0.39, 0.29) is 5.92 Å². The van der Waals surface area contributed by atoms with Gasteiger partial charge in [-0.05, 0) is 31.1 Å². The van der Waals surface area contributed by atoms with Crippen LogP contribution in [0.3, 0.4) is 0 Å². The number of fused-ring (bicyclic) bond motifs is 2. The average molecular weight is 175 g/mol. The van der Waals surface area contributed by atoms with E-state index < -0.39 is 10.8 Å². The number of carbonyl (C=O) groups is 1. The van der Waals surface area contributed by atoms with Gasteiger partial charge in [0.2, 0.25) is 0 Å². The molecule has 0 spiro atoms. The Morgan fingerprint density at radius 3 is 2.55 bits per heavy atom. The van der Waals surface area contributed by atoms with Crippen LogP contribution in [0.1, 0.15) is 25.7 Å². The Morgan fingerprint density at radius 1 is 1.55 bits per heavy atom. The number of hydrogen-bond donors (Lipinski definition) is 1. The van der Waals surface area contributed by atoms with Crippen LogP contribution in [-0.2, 0) is 4.79 Å². The van der Waals surface area contributed by atoms with E-state index in [1.165, 1.54) is 6.42 Å². The fraction of sp³-hybridized carbons (Fsp3) is 0.875. The molecule has 3 atom stereocenters. The van der Waals surface area contributed by atoms with Crippen molar-refractivity contribution in [1.82, 2.24) is 0 Å². The molecule has 0 aromatic carbocycles. The lowest BCUT2D eigenvalue weighted by Gasteiger charge is -2.26. The molecule has 0 aliphatic heterocycles. The van der Waals surface area contributed by atoms with E-state index in [1.54, 1.807) is 0 Å². The summed E-state index contributed by atoms with van der Waals surface area (Å²) in [6.45, 7) is 0. The fourth-order valence-electron chi connectivity index (χ4n) is 2.52. The third kappa shape index (κ3) is 0.886. The van der Waals surface area contributed by atoms with Gasteiger partial charge in [0.05, 0.1) is 0 Å². The van der Waals surface area contributed by atoms with E-state index in [4.69, 9.17) is 16.7 Å². The van der Waals surface area contributed by atoms with Crippen LogP contribution in [0.4, 0.5) is 0 Å². The van der Waals surface area contributed by atoms with Gasteiger partial charge >= 0.3 is 5.97 Å². The molecule has 0 aromatic rings. The molecule has 11 heavy (non-hydrogen) atoms. The van der Waals surface area contributed by atoms with E-state index in [0.717, 1.165) is 12.8 Å². The largest absolute Gasteiger partial charge is 0.480 e. The summed E-state index contributed by atoms with van der Waals surface area (Å²) in [5.41, 5.74) is 0. The van der Waals surface area contributed by atoms with Gasteiger partial charge in [-0.25, -0.2) is 0 Å². The zero-order valence-corrected chi connectivity index (χ0v) is 6.97. The second-order valence-electron chi connectivity index (χ2n) is 3.75. The Kier molecular flexibility index (Phi) is 1.43. The molecular formula is C8H11ClO2. The Hall–Kier alpha value is -0.240. The molecule has 0 radical (unpaired) electrons. The number of carboxylic acid groups (broad SMARTS) is 1. The Morgan fingerprint density at radius 2 is 2.27 bits per heavy atom. The van der Waals surface area contributed by atoms with E-state index in [2.05, 4.69) is 0 Å². The van der Waals surface area contributed by atoms with Crippen LogP contribution < -0.4 is 0 Å². The maximum absolute atomic E-state index is 10.8. The van der Waals surface area contributed by atoms with Crippen molar-refractivity contribution in [3.63, 3.8) is 0 Å². The zero-order chi connectivity index (χ0) is 8.06. The first kappa shape index (κ1) is 7.41. The molecule has 0 unspecified atom stereocenters. The molecule has 3 heteroatoms. The molecule has 2 aliphatic carbocycles. The highest BCUT2D eigenvalue weighted by molar-refractivity contribution is 6.34. The summed E-state index contributed by atoms with van der Waals surface area (Å²) in [6, 6.07) is 0. The fourth-order valence-corrected chi connectivity index (χ4v) is 2.94. The molecular weight excluding hydrogens is 164 g/mol. The van der Waals surface area contributed by atoms with E-state index in [9.17, 15) is 4.79 Å². The standard InChI is InChI=1S/C8H11ClO2/c9-8(7(10)11)4-5-1-2-6(8)3-5/h5-6H,1-4H2,(H,10,11)/t5-,6-,8-/m0/s1. The van der Waals surface area contributed by atoms with Gasteiger partial charge in [-0.2, -0.15) is 0 Å². The number of rotatable bonds is 1. The summed E-state index contributed by atoms with van der Waals surface area (Å²) < 4.78 is 0. The number of hydrogen-bond acceptors (Lipinski definition) is 1. The second-order valence-corrected chi connectivity index (χ2v) is 4.42. The summed E-state index contributed by atoms with van der Waals surface area (Å²) in [6.07, 6.45) is 3.93. The van der Waals surface area contributed by atoms with Crippen molar-refractivity contribution in [1.29, 1.82) is 0 Å². The molecule has 1 N–H and O–H groups in total. The van der Waals surface area contributed by atoms with Crippen molar-refractivity contribution >= 4 is 17.6 Å². The highest BCUT2D eigenvalue weighted by Crippen LogP contribution is 2.54. The monoisotopic (exact) mass is 174 g/mol. The van der Waals surface area contributed by atoms with Crippen LogP contribution in [0.5, 0.6) is 0 Å². The summed E-state index contributed by atoms with van der Waals surface area (Å²) in [4.78, 5) is 9.88. The van der Waals surface area contributed by atoms with Crippen molar-refractivity contribution in [3.8, 4) is 0 Å². The van der Waals surface area contributed by atoms with Gasteiger partial charge in [-0.15, -0.1) is 11.6 Å². The Labute approximate surface area is 70.5 Å². The molecule has 2 aliphatic rings. The summed E-state index contributed by atoms with van der Waals surface area (Å²) in [7, 11) is 0. The number of alkyl halides is 1. The molecule has 0 aromatic heterocycles. The molecule has 0 amide bonds. The third-order valence-corrected chi connectivity index (χ3v) is 3.75. The molecule has 62 valence electrons. The molecule has 0 heterocycles. The minimum Gasteiger partial charge on any atom is -0.480 e. The lowest BCUT2D eigenvalue weighted by Crippen LogP contribution is -2.37. The predicted molar refractivity (Wildman–Crippen MR) is 41.7 cm³/mol. The first-order valence-corrected chi connectivity index (χ1v) is 4.43. The first-order valence-electron chi connectivity index (χ1n) is 4.05. The molecule has 2 bridgehead atoms. The highest BCUT2D eigenvalue weighted by atomic mass is 35.5. The lowest BCUT2D eigenvalue weighted by molar-refractivity contribution is -0.141. The zero-order valence-electron chi connectivity index (χ0n) is 6.22. The minimum atomic E-state index is -0.900. The van der Waals surface area contributed by atoms with Crippen molar-refractivity contribution in [3.05, 3.63) is 0 Å². The molecule has 2 nitrogen and oxygen atoms in total. The minimum absolute atomic E-state index is 0.242. The van der Waals surface area contributed by atoms with Crippen LogP contribution in [0.15, 0.2) is 0 Å². The molecule has 0 saturated heterocycles. The normalized spacial score (nSPS) is 48.1. The molecule has 2 fully saturated rings. The Balaban J connectivity index is 2.23. The van der Waals surface area contributed by atoms with Crippen molar-refractivity contribution < 1.29 is 9.90 Å². The van der Waals surface area contributed by atoms with E-state index in [0.29, 0.717) is 12.3 Å². The van der Waals surface area contributed by atoms with Gasteiger partial charge in [0.1, 0.15) is 4.87 Å².